The third kappa shape index (κ3) is 5.19. The lowest BCUT2D eigenvalue weighted by atomic mass is 10.2. The monoisotopic (exact) mass is 356 g/mol. The van der Waals surface area contributed by atoms with Gasteiger partial charge in [0.2, 0.25) is 15.9 Å². The molecule has 134 valence electrons. The zero-order valence-corrected chi connectivity index (χ0v) is 14.8. The van der Waals surface area contributed by atoms with E-state index in [2.05, 4.69) is 4.72 Å². The summed E-state index contributed by atoms with van der Waals surface area (Å²) in [5, 5.41) is 0. The van der Waals surface area contributed by atoms with Crippen molar-refractivity contribution in [2.45, 2.75) is 31.3 Å². The van der Waals surface area contributed by atoms with Crippen molar-refractivity contribution in [3.63, 3.8) is 0 Å². The van der Waals surface area contributed by atoms with Crippen molar-refractivity contribution in [1.29, 1.82) is 0 Å². The van der Waals surface area contributed by atoms with Crippen LogP contribution in [-0.2, 0) is 19.6 Å². The number of hydrogen-bond acceptors (Lipinski definition) is 5. The highest BCUT2D eigenvalue weighted by Gasteiger charge is 2.21. The summed E-state index contributed by atoms with van der Waals surface area (Å²) < 4.78 is 37.6. The first-order valence-electron chi connectivity index (χ1n) is 8.04. The number of amides is 1. The Hall–Kier alpha value is -1.64. The average Bonchev–Trinajstić information content (AvgIpc) is 2.55. The molecule has 0 radical (unpaired) electrons. The van der Waals surface area contributed by atoms with E-state index in [0.29, 0.717) is 32.1 Å². The fourth-order valence-corrected chi connectivity index (χ4v) is 3.49. The first-order chi connectivity index (χ1) is 11.4. The van der Waals surface area contributed by atoms with Gasteiger partial charge in [-0.05, 0) is 38.1 Å². The number of nitrogens with one attached hydrogen (secondary N) is 1. The van der Waals surface area contributed by atoms with Gasteiger partial charge in [0, 0.05) is 26.1 Å². The Kier molecular flexibility index (Phi) is 6.59. The van der Waals surface area contributed by atoms with Crippen LogP contribution in [0.15, 0.2) is 29.2 Å². The molecule has 7 nitrogen and oxygen atoms in total. The first-order valence-corrected chi connectivity index (χ1v) is 9.52. The van der Waals surface area contributed by atoms with Gasteiger partial charge in [-0.15, -0.1) is 0 Å². The summed E-state index contributed by atoms with van der Waals surface area (Å²) in [6.45, 7) is 5.98. The van der Waals surface area contributed by atoms with Gasteiger partial charge in [-0.2, -0.15) is 0 Å². The Morgan fingerprint density at radius 1 is 1.38 bits per heavy atom. The summed E-state index contributed by atoms with van der Waals surface area (Å²) in [4.78, 5) is 14.0. The van der Waals surface area contributed by atoms with Gasteiger partial charge in [0.05, 0.1) is 24.2 Å². The van der Waals surface area contributed by atoms with Crippen LogP contribution in [0.1, 0.15) is 20.3 Å². The number of rotatable bonds is 7. The minimum atomic E-state index is -3.63. The van der Waals surface area contributed by atoms with Crippen molar-refractivity contribution < 1.29 is 22.7 Å². The minimum Gasteiger partial charge on any atom is -0.494 e. The molecule has 1 fully saturated rings. The second kappa shape index (κ2) is 8.46. The van der Waals surface area contributed by atoms with Gasteiger partial charge in [-0.3, -0.25) is 4.79 Å². The molecule has 0 bridgehead atoms. The zero-order chi connectivity index (χ0) is 17.6. The summed E-state index contributed by atoms with van der Waals surface area (Å²) in [7, 11) is -3.63. The first kappa shape index (κ1) is 18.7. The number of ether oxygens (including phenoxy) is 2. The van der Waals surface area contributed by atoms with Crippen LogP contribution in [0.4, 0.5) is 0 Å². The molecule has 8 heteroatoms. The lowest BCUT2D eigenvalue weighted by Gasteiger charge is -2.31. The molecule has 1 aliphatic rings. The van der Waals surface area contributed by atoms with Crippen LogP contribution < -0.4 is 9.46 Å². The van der Waals surface area contributed by atoms with Gasteiger partial charge >= 0.3 is 0 Å². The Labute approximate surface area is 143 Å². The summed E-state index contributed by atoms with van der Waals surface area (Å²) >= 11 is 0. The Balaban J connectivity index is 1.84. The van der Waals surface area contributed by atoms with Crippen LogP contribution >= 0.6 is 0 Å². The number of nitrogens with zero attached hydrogens (tertiary/aromatic N) is 1. The van der Waals surface area contributed by atoms with Crippen molar-refractivity contribution in [3.05, 3.63) is 24.3 Å². The largest absolute Gasteiger partial charge is 0.494 e. The van der Waals surface area contributed by atoms with Gasteiger partial charge in [-0.1, -0.05) is 0 Å². The quantitative estimate of drug-likeness (QED) is 0.788. The van der Waals surface area contributed by atoms with Gasteiger partial charge in [-0.25, -0.2) is 13.1 Å². The maximum absolute atomic E-state index is 12.2. The van der Waals surface area contributed by atoms with Crippen LogP contribution in [0.3, 0.4) is 0 Å². The second-order valence-electron chi connectivity index (χ2n) is 5.57. The average molecular weight is 356 g/mol. The van der Waals surface area contributed by atoms with Crippen molar-refractivity contribution in [1.82, 2.24) is 9.62 Å². The summed E-state index contributed by atoms with van der Waals surface area (Å²) in [6, 6.07) is 6.19. The molecule has 0 aliphatic carbocycles. The third-order valence-corrected chi connectivity index (χ3v) is 5.15. The lowest BCUT2D eigenvalue weighted by molar-refractivity contribution is -0.137. The maximum Gasteiger partial charge on any atom is 0.240 e. The zero-order valence-electron chi connectivity index (χ0n) is 14.0. The van der Waals surface area contributed by atoms with Crippen molar-refractivity contribution >= 4 is 15.9 Å². The molecule has 0 spiro atoms. The van der Waals surface area contributed by atoms with Crippen LogP contribution in [0.5, 0.6) is 5.75 Å². The predicted molar refractivity (Wildman–Crippen MR) is 89.4 cm³/mol. The summed E-state index contributed by atoms with van der Waals surface area (Å²) in [6.07, 6.45) is 0.145. The molecular weight excluding hydrogens is 332 g/mol. The number of carbonyl (C=O) groups excluding carboxylic acids is 1. The van der Waals surface area contributed by atoms with E-state index in [4.69, 9.17) is 9.47 Å². The van der Waals surface area contributed by atoms with Crippen LogP contribution in [0, 0.1) is 0 Å². The van der Waals surface area contributed by atoms with E-state index in [1.165, 1.54) is 12.1 Å². The van der Waals surface area contributed by atoms with E-state index in [0.717, 1.165) is 0 Å². The van der Waals surface area contributed by atoms with E-state index < -0.39 is 10.0 Å². The lowest BCUT2D eigenvalue weighted by Crippen LogP contribution is -2.45. The van der Waals surface area contributed by atoms with E-state index >= 15 is 0 Å². The molecule has 2 rings (SSSR count). The van der Waals surface area contributed by atoms with Gasteiger partial charge < -0.3 is 14.4 Å². The van der Waals surface area contributed by atoms with Gasteiger partial charge in [0.25, 0.3) is 0 Å². The number of benzene rings is 1. The highest BCUT2D eigenvalue weighted by Crippen LogP contribution is 2.15. The topological polar surface area (TPSA) is 84.9 Å². The fourth-order valence-electron chi connectivity index (χ4n) is 2.46. The smallest absolute Gasteiger partial charge is 0.240 e. The summed E-state index contributed by atoms with van der Waals surface area (Å²) in [5.41, 5.74) is 0. The third-order valence-electron chi connectivity index (χ3n) is 3.67. The maximum atomic E-state index is 12.2. The number of morpholine rings is 1. The minimum absolute atomic E-state index is 0.0169. The van der Waals surface area contributed by atoms with E-state index in [1.807, 2.05) is 13.8 Å². The highest BCUT2D eigenvalue weighted by atomic mass is 32.2. The van der Waals surface area contributed by atoms with Crippen LogP contribution in [0.2, 0.25) is 0 Å². The Morgan fingerprint density at radius 3 is 2.71 bits per heavy atom. The normalized spacial score (nSPS) is 18.4. The molecule has 1 atom stereocenters. The van der Waals surface area contributed by atoms with Crippen LogP contribution in [0.25, 0.3) is 0 Å². The molecule has 1 unspecified atom stereocenters. The molecule has 0 aromatic heterocycles. The van der Waals surface area contributed by atoms with Crippen molar-refractivity contribution in [3.8, 4) is 5.75 Å². The standard InChI is InChI=1S/C16H24N2O5S/c1-3-22-14-4-6-15(7-5-14)24(20,21)17-9-8-16(19)18-10-11-23-13(2)12-18/h4-7,13,17H,3,8-12H2,1-2H3. The number of hydrogen-bond donors (Lipinski definition) is 1. The van der Waals surface area contributed by atoms with Crippen LogP contribution in [-0.4, -0.2) is 58.2 Å². The fraction of sp³-hybridized carbons (Fsp3) is 0.562. The molecule has 1 amide bonds. The highest BCUT2D eigenvalue weighted by molar-refractivity contribution is 7.89. The molecule has 1 heterocycles. The van der Waals surface area contributed by atoms with E-state index in [-0.39, 0.29) is 29.9 Å². The van der Waals surface area contributed by atoms with E-state index in [1.54, 1.807) is 17.0 Å². The SMILES string of the molecule is CCOc1ccc(S(=O)(=O)NCCC(=O)N2CCOC(C)C2)cc1. The molecule has 0 saturated carbocycles. The molecule has 1 saturated heterocycles. The number of sulfonamides is 1. The summed E-state index contributed by atoms with van der Waals surface area (Å²) in [5.74, 6) is 0.549. The molecule has 1 aliphatic heterocycles. The van der Waals surface area contributed by atoms with E-state index in [9.17, 15) is 13.2 Å². The Morgan fingerprint density at radius 2 is 2.08 bits per heavy atom. The molecule has 1 aromatic carbocycles. The van der Waals surface area contributed by atoms with Crippen molar-refractivity contribution in [2.75, 3.05) is 32.8 Å². The van der Waals surface area contributed by atoms with Gasteiger partial charge in [0.15, 0.2) is 0 Å². The predicted octanol–water partition coefficient (Wildman–Crippen LogP) is 1.00. The molecule has 1 aromatic rings. The van der Waals surface area contributed by atoms with Gasteiger partial charge in [0.1, 0.15) is 5.75 Å². The molecular formula is C16H24N2O5S. The molecule has 1 N–H and O–H groups in total. The second-order valence-corrected chi connectivity index (χ2v) is 7.34. The number of carbonyl (C=O) groups is 1. The Bertz CT molecular complexity index is 645. The van der Waals surface area contributed by atoms with Crippen molar-refractivity contribution in [2.24, 2.45) is 0 Å². The molecule has 24 heavy (non-hydrogen) atoms.